The molecule has 0 aliphatic carbocycles. The lowest BCUT2D eigenvalue weighted by Crippen LogP contribution is -2.46. The third-order valence-corrected chi connectivity index (χ3v) is 2.82. The quantitative estimate of drug-likeness (QED) is 0.799. The average molecular weight is 228 g/mol. The first-order valence-corrected chi connectivity index (χ1v) is 6.88. The van der Waals surface area contributed by atoms with Crippen molar-refractivity contribution in [2.24, 2.45) is 11.8 Å². The van der Waals surface area contributed by atoms with Gasteiger partial charge in [0.05, 0.1) is 0 Å². The molecule has 2 heteroatoms. The Labute approximate surface area is 103 Å². The van der Waals surface area contributed by atoms with E-state index in [1.54, 1.807) is 0 Å². The molecule has 0 bridgehead atoms. The molecular formula is C14H32N2. The number of hydrogen-bond acceptors (Lipinski definition) is 2. The monoisotopic (exact) mass is 228 g/mol. The van der Waals surface area contributed by atoms with Crippen LogP contribution < -0.4 is 5.32 Å². The van der Waals surface area contributed by atoms with Crippen molar-refractivity contribution in [2.45, 2.75) is 54.0 Å². The molecule has 1 aliphatic heterocycles. The SMILES string of the molecule is CC(C)CC(C)C.CC(C)N1CCNCC1. The predicted octanol–water partition coefficient (Wildman–Crippen LogP) is 2.99. The summed E-state index contributed by atoms with van der Waals surface area (Å²) < 4.78 is 0. The fourth-order valence-electron chi connectivity index (χ4n) is 2.14. The first-order chi connectivity index (χ1) is 7.43. The highest BCUT2D eigenvalue weighted by atomic mass is 15.2. The molecule has 1 saturated heterocycles. The van der Waals surface area contributed by atoms with Crippen molar-refractivity contribution < 1.29 is 0 Å². The normalized spacial score (nSPS) is 17.8. The summed E-state index contributed by atoms with van der Waals surface area (Å²) >= 11 is 0. The summed E-state index contributed by atoms with van der Waals surface area (Å²) in [5.41, 5.74) is 0. The van der Waals surface area contributed by atoms with Crippen LogP contribution >= 0.6 is 0 Å². The van der Waals surface area contributed by atoms with E-state index >= 15 is 0 Å². The Morgan fingerprint density at radius 1 is 0.875 bits per heavy atom. The van der Waals surface area contributed by atoms with E-state index in [2.05, 4.69) is 51.8 Å². The standard InChI is InChI=1S/C7H16N2.C7H16/c1-7(2)9-5-3-8-4-6-9;1-6(2)5-7(3)4/h7-8H,3-6H2,1-2H3;6-7H,5H2,1-4H3. The van der Waals surface area contributed by atoms with Crippen molar-refractivity contribution in [3.8, 4) is 0 Å². The highest BCUT2D eigenvalue weighted by molar-refractivity contribution is 4.69. The number of nitrogens with one attached hydrogen (secondary N) is 1. The van der Waals surface area contributed by atoms with Crippen LogP contribution in [0, 0.1) is 11.8 Å². The molecule has 1 heterocycles. The molecular weight excluding hydrogens is 196 g/mol. The van der Waals surface area contributed by atoms with E-state index in [0.717, 1.165) is 31.0 Å². The van der Waals surface area contributed by atoms with Crippen LogP contribution in [0.25, 0.3) is 0 Å². The van der Waals surface area contributed by atoms with Gasteiger partial charge in [0.1, 0.15) is 0 Å². The molecule has 0 aromatic heterocycles. The van der Waals surface area contributed by atoms with Gasteiger partial charge in [-0.3, -0.25) is 4.90 Å². The second kappa shape index (κ2) is 9.00. The average Bonchev–Trinajstić information content (AvgIpc) is 2.17. The third-order valence-electron chi connectivity index (χ3n) is 2.82. The summed E-state index contributed by atoms with van der Waals surface area (Å²) in [5, 5.41) is 3.33. The van der Waals surface area contributed by atoms with Crippen molar-refractivity contribution in [3.05, 3.63) is 0 Å². The van der Waals surface area contributed by atoms with E-state index in [1.165, 1.54) is 19.5 Å². The van der Waals surface area contributed by atoms with Gasteiger partial charge in [-0.05, 0) is 32.1 Å². The zero-order chi connectivity index (χ0) is 12.6. The molecule has 1 rings (SSSR count). The molecule has 1 N–H and O–H groups in total. The lowest BCUT2D eigenvalue weighted by atomic mass is 10.0. The summed E-state index contributed by atoms with van der Waals surface area (Å²) in [7, 11) is 0. The van der Waals surface area contributed by atoms with E-state index in [0.29, 0.717) is 0 Å². The summed E-state index contributed by atoms with van der Waals surface area (Å²) in [6, 6.07) is 0.729. The van der Waals surface area contributed by atoms with Gasteiger partial charge >= 0.3 is 0 Å². The van der Waals surface area contributed by atoms with Crippen molar-refractivity contribution in [2.75, 3.05) is 26.2 Å². The molecule has 1 aliphatic rings. The van der Waals surface area contributed by atoms with E-state index in [1.807, 2.05) is 0 Å². The molecule has 98 valence electrons. The summed E-state index contributed by atoms with van der Waals surface area (Å²) in [5.74, 6) is 1.75. The molecule has 0 aromatic rings. The Morgan fingerprint density at radius 2 is 1.31 bits per heavy atom. The first kappa shape index (κ1) is 15.9. The predicted molar refractivity (Wildman–Crippen MR) is 73.9 cm³/mol. The summed E-state index contributed by atoms with van der Waals surface area (Å²) in [6.45, 7) is 18.3. The van der Waals surface area contributed by atoms with Gasteiger partial charge in [-0.1, -0.05) is 27.7 Å². The lowest BCUT2D eigenvalue weighted by Gasteiger charge is -2.30. The van der Waals surface area contributed by atoms with Crippen molar-refractivity contribution >= 4 is 0 Å². The van der Waals surface area contributed by atoms with Gasteiger partial charge < -0.3 is 5.32 Å². The second-order valence-corrected chi connectivity index (χ2v) is 5.90. The van der Waals surface area contributed by atoms with Crippen molar-refractivity contribution in [3.63, 3.8) is 0 Å². The Hall–Kier alpha value is -0.0800. The van der Waals surface area contributed by atoms with Crippen LogP contribution in [0.1, 0.15) is 48.0 Å². The second-order valence-electron chi connectivity index (χ2n) is 5.90. The zero-order valence-corrected chi connectivity index (χ0v) is 12.2. The highest BCUT2D eigenvalue weighted by Crippen LogP contribution is 2.08. The molecule has 0 aromatic carbocycles. The zero-order valence-electron chi connectivity index (χ0n) is 12.2. The third kappa shape index (κ3) is 9.17. The Balaban J connectivity index is 0.000000293. The van der Waals surface area contributed by atoms with Crippen LogP contribution in [-0.4, -0.2) is 37.1 Å². The number of nitrogens with zero attached hydrogens (tertiary/aromatic N) is 1. The fourth-order valence-corrected chi connectivity index (χ4v) is 2.14. The minimum absolute atomic E-state index is 0.729. The molecule has 0 atom stereocenters. The largest absolute Gasteiger partial charge is 0.314 e. The Kier molecular flexibility index (Phi) is 8.96. The first-order valence-electron chi connectivity index (χ1n) is 6.88. The Bertz CT molecular complexity index is 141. The lowest BCUT2D eigenvalue weighted by molar-refractivity contribution is 0.196. The highest BCUT2D eigenvalue weighted by Gasteiger charge is 2.11. The fraction of sp³-hybridized carbons (Fsp3) is 1.00. The maximum atomic E-state index is 3.33. The minimum Gasteiger partial charge on any atom is -0.314 e. The van der Waals surface area contributed by atoms with Gasteiger partial charge in [0.25, 0.3) is 0 Å². The van der Waals surface area contributed by atoms with Crippen molar-refractivity contribution in [1.29, 1.82) is 0 Å². The number of piperazine rings is 1. The van der Waals surface area contributed by atoms with Gasteiger partial charge in [0.15, 0.2) is 0 Å². The van der Waals surface area contributed by atoms with Gasteiger partial charge in [-0.25, -0.2) is 0 Å². The van der Waals surface area contributed by atoms with E-state index in [4.69, 9.17) is 0 Å². The minimum atomic E-state index is 0.729. The Morgan fingerprint density at radius 3 is 1.50 bits per heavy atom. The van der Waals surface area contributed by atoms with Crippen LogP contribution in [0.5, 0.6) is 0 Å². The number of hydrogen-bond donors (Lipinski definition) is 1. The number of rotatable bonds is 3. The molecule has 0 radical (unpaired) electrons. The van der Waals surface area contributed by atoms with E-state index in [9.17, 15) is 0 Å². The van der Waals surface area contributed by atoms with Crippen molar-refractivity contribution in [1.82, 2.24) is 10.2 Å². The molecule has 0 spiro atoms. The topological polar surface area (TPSA) is 15.3 Å². The van der Waals surface area contributed by atoms with Gasteiger partial charge in [-0.15, -0.1) is 0 Å². The maximum Gasteiger partial charge on any atom is 0.0110 e. The van der Waals surface area contributed by atoms with Gasteiger partial charge in [0.2, 0.25) is 0 Å². The van der Waals surface area contributed by atoms with Gasteiger partial charge in [0, 0.05) is 32.2 Å². The smallest absolute Gasteiger partial charge is 0.0110 e. The summed E-state index contributed by atoms with van der Waals surface area (Å²) in [6.07, 6.45) is 1.36. The van der Waals surface area contributed by atoms with Crippen LogP contribution in [0.15, 0.2) is 0 Å². The van der Waals surface area contributed by atoms with Crippen LogP contribution in [0.2, 0.25) is 0 Å². The van der Waals surface area contributed by atoms with Crippen LogP contribution in [-0.2, 0) is 0 Å². The molecule has 1 fully saturated rings. The molecule has 0 saturated carbocycles. The summed E-state index contributed by atoms with van der Waals surface area (Å²) in [4.78, 5) is 2.50. The van der Waals surface area contributed by atoms with Crippen LogP contribution in [0.4, 0.5) is 0 Å². The molecule has 16 heavy (non-hydrogen) atoms. The maximum absolute atomic E-state index is 3.33. The van der Waals surface area contributed by atoms with E-state index < -0.39 is 0 Å². The van der Waals surface area contributed by atoms with Crippen LogP contribution in [0.3, 0.4) is 0 Å². The van der Waals surface area contributed by atoms with E-state index in [-0.39, 0.29) is 0 Å². The molecule has 2 nitrogen and oxygen atoms in total. The van der Waals surface area contributed by atoms with Gasteiger partial charge in [-0.2, -0.15) is 0 Å². The molecule has 0 amide bonds. The molecule has 0 unspecified atom stereocenters.